The van der Waals surface area contributed by atoms with Gasteiger partial charge in [0.25, 0.3) is 5.56 Å². The van der Waals surface area contributed by atoms with Crippen molar-refractivity contribution in [1.29, 1.82) is 0 Å². The monoisotopic (exact) mass is 453 g/mol. The zero-order valence-electron chi connectivity index (χ0n) is 16.4. The minimum atomic E-state index is -4.55. The van der Waals surface area contributed by atoms with Gasteiger partial charge in [0.05, 0.1) is 5.56 Å². The van der Waals surface area contributed by atoms with Crippen LogP contribution in [0.2, 0.25) is 0 Å². The molecule has 12 heteroatoms. The molecule has 0 atom stereocenters. The van der Waals surface area contributed by atoms with E-state index in [2.05, 4.69) is 10.3 Å². The highest BCUT2D eigenvalue weighted by molar-refractivity contribution is 7.22. The second-order valence-corrected chi connectivity index (χ2v) is 8.18. The fraction of sp³-hybridized carbons (Fsp3) is 0.368. The molecule has 1 fully saturated rings. The first kappa shape index (κ1) is 21.1. The number of hydrogen-bond acceptors (Lipinski definition) is 6. The summed E-state index contributed by atoms with van der Waals surface area (Å²) in [6.07, 6.45) is -2.55. The van der Waals surface area contributed by atoms with Crippen molar-refractivity contribution in [3.63, 3.8) is 0 Å². The summed E-state index contributed by atoms with van der Waals surface area (Å²) < 4.78 is 40.9. The molecule has 0 bridgehead atoms. The summed E-state index contributed by atoms with van der Waals surface area (Å²) >= 11 is 1.16. The maximum atomic E-state index is 12.9. The first-order valence-corrected chi connectivity index (χ1v) is 10.3. The van der Waals surface area contributed by atoms with Crippen molar-refractivity contribution < 1.29 is 18.0 Å². The number of nitrogens with zero attached hydrogens (tertiary/aromatic N) is 4. The standard InChI is InChI=1S/C19H18F3N5O3S/c1-25-16(29)14-15(24-17(31-14)26-7-2-3-8-26)27(18(25)30)10-13(28)23-12-6-4-5-11(9-12)19(20,21)22/h4-6,9H,2-3,7-8,10H2,1H3,(H,23,28). The van der Waals surface area contributed by atoms with E-state index in [9.17, 15) is 27.6 Å². The van der Waals surface area contributed by atoms with Gasteiger partial charge in [0.1, 0.15) is 11.2 Å². The van der Waals surface area contributed by atoms with Crippen LogP contribution in [0.3, 0.4) is 0 Å². The predicted octanol–water partition coefficient (Wildman–Crippen LogP) is 2.41. The van der Waals surface area contributed by atoms with Gasteiger partial charge < -0.3 is 10.2 Å². The number of halogens is 3. The Labute approximate surface area is 177 Å². The highest BCUT2D eigenvalue weighted by atomic mass is 32.1. The van der Waals surface area contributed by atoms with Gasteiger partial charge in [-0.1, -0.05) is 17.4 Å². The number of thiazole rings is 1. The number of fused-ring (bicyclic) bond motifs is 1. The van der Waals surface area contributed by atoms with E-state index in [1.165, 1.54) is 19.2 Å². The van der Waals surface area contributed by atoms with Crippen LogP contribution < -0.4 is 21.5 Å². The van der Waals surface area contributed by atoms with Crippen LogP contribution in [0.15, 0.2) is 33.9 Å². The van der Waals surface area contributed by atoms with Crippen molar-refractivity contribution in [2.24, 2.45) is 7.05 Å². The summed E-state index contributed by atoms with van der Waals surface area (Å²) in [4.78, 5) is 44.2. The molecule has 0 aliphatic carbocycles. The van der Waals surface area contributed by atoms with Gasteiger partial charge in [-0.05, 0) is 31.0 Å². The van der Waals surface area contributed by atoms with E-state index in [4.69, 9.17) is 0 Å². The summed E-state index contributed by atoms with van der Waals surface area (Å²) in [5.41, 5.74) is -2.08. The normalized spacial score (nSPS) is 14.4. The second kappa shape index (κ2) is 7.84. The molecule has 3 aromatic rings. The Hall–Kier alpha value is -3.15. The molecule has 8 nitrogen and oxygen atoms in total. The number of carbonyl (C=O) groups is 1. The fourth-order valence-electron chi connectivity index (χ4n) is 3.44. The third kappa shape index (κ3) is 4.07. The molecule has 2 aromatic heterocycles. The lowest BCUT2D eigenvalue weighted by Gasteiger charge is -2.12. The average molecular weight is 453 g/mol. The summed E-state index contributed by atoms with van der Waals surface area (Å²) in [6.45, 7) is 1.09. The van der Waals surface area contributed by atoms with Crippen molar-refractivity contribution in [3.05, 3.63) is 50.7 Å². The number of rotatable bonds is 4. The zero-order valence-corrected chi connectivity index (χ0v) is 17.2. The summed E-state index contributed by atoms with van der Waals surface area (Å²) in [7, 11) is 1.31. The van der Waals surface area contributed by atoms with Crippen molar-refractivity contribution in [1.82, 2.24) is 14.1 Å². The Morgan fingerprint density at radius 2 is 1.94 bits per heavy atom. The lowest BCUT2D eigenvalue weighted by molar-refractivity contribution is -0.137. The van der Waals surface area contributed by atoms with E-state index in [1.807, 2.05) is 4.90 Å². The molecule has 1 aliphatic heterocycles. The third-order valence-electron chi connectivity index (χ3n) is 5.02. The molecule has 0 unspecified atom stereocenters. The van der Waals surface area contributed by atoms with Crippen LogP contribution in [0.4, 0.5) is 24.0 Å². The van der Waals surface area contributed by atoms with Gasteiger partial charge >= 0.3 is 11.9 Å². The third-order valence-corrected chi connectivity index (χ3v) is 6.12. The van der Waals surface area contributed by atoms with Crippen molar-refractivity contribution in [3.8, 4) is 0 Å². The Bertz CT molecular complexity index is 1270. The summed E-state index contributed by atoms with van der Waals surface area (Å²) in [6, 6.07) is 4.20. The highest BCUT2D eigenvalue weighted by Gasteiger charge is 2.30. The smallest absolute Gasteiger partial charge is 0.348 e. The van der Waals surface area contributed by atoms with Crippen LogP contribution in [-0.2, 0) is 24.6 Å². The Morgan fingerprint density at radius 1 is 1.23 bits per heavy atom. The number of anilines is 2. The minimum Gasteiger partial charge on any atom is -0.348 e. The Morgan fingerprint density at radius 3 is 2.61 bits per heavy atom. The molecule has 1 amide bonds. The van der Waals surface area contributed by atoms with Crippen LogP contribution in [0, 0.1) is 0 Å². The Kier molecular flexibility index (Phi) is 5.33. The van der Waals surface area contributed by atoms with Gasteiger partial charge in [-0.15, -0.1) is 0 Å². The molecular weight excluding hydrogens is 435 g/mol. The molecule has 4 rings (SSSR count). The number of carbonyl (C=O) groups excluding carboxylic acids is 1. The molecular formula is C19H18F3N5O3S. The predicted molar refractivity (Wildman–Crippen MR) is 111 cm³/mol. The molecule has 1 aliphatic rings. The van der Waals surface area contributed by atoms with Crippen LogP contribution >= 0.6 is 11.3 Å². The minimum absolute atomic E-state index is 0.0510. The molecule has 3 heterocycles. The number of benzene rings is 1. The van der Waals surface area contributed by atoms with Gasteiger partial charge in [0.2, 0.25) is 5.91 Å². The van der Waals surface area contributed by atoms with E-state index >= 15 is 0 Å². The SMILES string of the molecule is Cn1c(=O)c2sc(N3CCCC3)nc2n(CC(=O)Nc2cccc(C(F)(F)F)c2)c1=O. The summed E-state index contributed by atoms with van der Waals surface area (Å²) in [5.74, 6) is -0.711. The van der Waals surface area contributed by atoms with Crippen LogP contribution in [0.5, 0.6) is 0 Å². The number of alkyl halides is 3. The lowest BCUT2D eigenvalue weighted by atomic mass is 10.2. The fourth-order valence-corrected chi connectivity index (χ4v) is 4.54. The van der Waals surface area contributed by atoms with E-state index in [-0.39, 0.29) is 16.0 Å². The highest BCUT2D eigenvalue weighted by Crippen LogP contribution is 2.31. The quantitative estimate of drug-likeness (QED) is 0.656. The number of amides is 1. The van der Waals surface area contributed by atoms with Crippen molar-refractivity contribution in [2.75, 3.05) is 23.3 Å². The first-order valence-electron chi connectivity index (χ1n) is 9.47. The van der Waals surface area contributed by atoms with Gasteiger partial charge in [-0.25, -0.2) is 9.78 Å². The van der Waals surface area contributed by atoms with E-state index < -0.39 is 35.4 Å². The summed E-state index contributed by atoms with van der Waals surface area (Å²) in [5, 5.41) is 2.97. The maximum Gasteiger partial charge on any atom is 0.416 e. The van der Waals surface area contributed by atoms with Gasteiger partial charge in [0.15, 0.2) is 10.8 Å². The van der Waals surface area contributed by atoms with Crippen molar-refractivity contribution >= 4 is 38.4 Å². The van der Waals surface area contributed by atoms with E-state index in [0.717, 1.165) is 58.5 Å². The van der Waals surface area contributed by atoms with Crippen LogP contribution in [-0.4, -0.2) is 33.1 Å². The topological polar surface area (TPSA) is 89.2 Å². The van der Waals surface area contributed by atoms with Gasteiger partial charge in [-0.3, -0.25) is 18.7 Å². The molecule has 0 radical (unpaired) electrons. The molecule has 1 saturated heterocycles. The lowest BCUT2D eigenvalue weighted by Crippen LogP contribution is -2.39. The van der Waals surface area contributed by atoms with E-state index in [1.54, 1.807) is 0 Å². The molecule has 1 N–H and O–H groups in total. The molecule has 0 spiro atoms. The van der Waals surface area contributed by atoms with Gasteiger partial charge in [0, 0.05) is 25.8 Å². The Balaban J connectivity index is 1.67. The van der Waals surface area contributed by atoms with Crippen LogP contribution in [0.1, 0.15) is 18.4 Å². The molecule has 1 aromatic carbocycles. The molecule has 164 valence electrons. The largest absolute Gasteiger partial charge is 0.416 e. The number of hydrogen-bond donors (Lipinski definition) is 1. The average Bonchev–Trinajstić information content (AvgIpc) is 3.39. The maximum absolute atomic E-state index is 12.9. The number of aromatic nitrogens is 3. The molecule has 31 heavy (non-hydrogen) atoms. The first-order chi connectivity index (χ1) is 14.6. The van der Waals surface area contributed by atoms with Crippen LogP contribution in [0.25, 0.3) is 10.3 Å². The zero-order chi connectivity index (χ0) is 22.3. The number of nitrogens with one attached hydrogen (secondary N) is 1. The van der Waals surface area contributed by atoms with E-state index in [0.29, 0.717) is 5.13 Å². The second-order valence-electron chi connectivity index (χ2n) is 7.20. The van der Waals surface area contributed by atoms with Gasteiger partial charge in [-0.2, -0.15) is 13.2 Å². The van der Waals surface area contributed by atoms with Crippen molar-refractivity contribution in [2.45, 2.75) is 25.6 Å². The molecule has 0 saturated carbocycles.